The van der Waals surface area contributed by atoms with Crippen LogP contribution in [0.5, 0.6) is 0 Å². The summed E-state index contributed by atoms with van der Waals surface area (Å²) in [6.45, 7) is 9.10. The molecule has 1 heterocycles. The van der Waals surface area contributed by atoms with E-state index in [1.807, 2.05) is 0 Å². The molecule has 0 spiro atoms. The van der Waals surface area contributed by atoms with E-state index in [9.17, 15) is 0 Å². The molecule has 2 N–H and O–H groups in total. The molecule has 0 radical (unpaired) electrons. The van der Waals surface area contributed by atoms with Crippen LogP contribution >= 0.6 is 0 Å². The summed E-state index contributed by atoms with van der Waals surface area (Å²) in [5.41, 5.74) is 6.40. The first kappa shape index (κ1) is 17.0. The number of hydrogen-bond donors (Lipinski definition) is 1. The number of likely N-dealkylation sites (tertiary alicyclic amines) is 1. The van der Waals surface area contributed by atoms with Crippen molar-refractivity contribution in [3.05, 3.63) is 0 Å². The van der Waals surface area contributed by atoms with Gasteiger partial charge in [0.25, 0.3) is 0 Å². The van der Waals surface area contributed by atoms with E-state index in [2.05, 4.69) is 25.7 Å². The summed E-state index contributed by atoms with van der Waals surface area (Å²) >= 11 is 0. The molecule has 2 unspecified atom stereocenters. The van der Waals surface area contributed by atoms with Crippen LogP contribution in [0.15, 0.2) is 0 Å². The van der Waals surface area contributed by atoms with Crippen molar-refractivity contribution in [1.29, 1.82) is 0 Å². The number of nitrogens with two attached hydrogens (primary N) is 1. The maximum Gasteiger partial charge on any atom is 0.0306 e. The minimum Gasteiger partial charge on any atom is -0.329 e. The van der Waals surface area contributed by atoms with E-state index in [4.69, 9.17) is 5.73 Å². The van der Waals surface area contributed by atoms with Crippen molar-refractivity contribution in [3.8, 4) is 0 Å². The lowest BCUT2D eigenvalue weighted by Crippen LogP contribution is -2.57. The lowest BCUT2D eigenvalue weighted by molar-refractivity contribution is 0.0243. The van der Waals surface area contributed by atoms with Crippen molar-refractivity contribution in [2.75, 3.05) is 13.1 Å². The lowest BCUT2D eigenvalue weighted by Gasteiger charge is -2.48. The van der Waals surface area contributed by atoms with Gasteiger partial charge in [-0.3, -0.25) is 4.90 Å². The molecule has 0 aliphatic carbocycles. The number of unbranched alkanes of at least 4 members (excludes halogenated alkanes) is 4. The van der Waals surface area contributed by atoms with E-state index in [-0.39, 0.29) is 5.54 Å². The first-order chi connectivity index (χ1) is 9.18. The van der Waals surface area contributed by atoms with Crippen molar-refractivity contribution in [3.63, 3.8) is 0 Å². The van der Waals surface area contributed by atoms with Crippen LogP contribution in [0.1, 0.15) is 85.0 Å². The van der Waals surface area contributed by atoms with E-state index < -0.39 is 0 Å². The molecular weight excluding hydrogens is 232 g/mol. The van der Waals surface area contributed by atoms with Crippen LogP contribution in [0.4, 0.5) is 0 Å². The number of nitrogens with zero attached hydrogens (tertiary/aromatic N) is 1. The SMILES string of the molecule is CCCCCCCC(C)(CN)N1CCCCC1CC. The first-order valence-corrected chi connectivity index (χ1v) is 8.64. The smallest absolute Gasteiger partial charge is 0.0306 e. The summed E-state index contributed by atoms with van der Waals surface area (Å²) < 4.78 is 0. The van der Waals surface area contributed by atoms with Crippen molar-refractivity contribution in [2.24, 2.45) is 5.73 Å². The fourth-order valence-electron chi connectivity index (χ4n) is 3.61. The highest BCUT2D eigenvalue weighted by Crippen LogP contribution is 2.30. The molecule has 2 nitrogen and oxygen atoms in total. The van der Waals surface area contributed by atoms with Gasteiger partial charge in [0.1, 0.15) is 0 Å². The molecule has 1 saturated heterocycles. The third-order valence-corrected chi connectivity index (χ3v) is 5.05. The van der Waals surface area contributed by atoms with Gasteiger partial charge in [0.05, 0.1) is 0 Å². The van der Waals surface area contributed by atoms with Crippen LogP contribution in [-0.4, -0.2) is 29.6 Å². The van der Waals surface area contributed by atoms with Crippen molar-refractivity contribution >= 4 is 0 Å². The van der Waals surface area contributed by atoms with Gasteiger partial charge in [-0.2, -0.15) is 0 Å². The van der Waals surface area contributed by atoms with Crippen LogP contribution in [0.3, 0.4) is 0 Å². The molecule has 1 rings (SSSR count). The highest BCUT2D eigenvalue weighted by atomic mass is 15.2. The Bertz CT molecular complexity index is 229. The van der Waals surface area contributed by atoms with Gasteiger partial charge >= 0.3 is 0 Å². The van der Waals surface area contributed by atoms with Crippen LogP contribution in [0.2, 0.25) is 0 Å². The zero-order chi connectivity index (χ0) is 14.1. The fraction of sp³-hybridized carbons (Fsp3) is 1.00. The monoisotopic (exact) mass is 268 g/mol. The Balaban J connectivity index is 2.47. The Kier molecular flexibility index (Phi) is 8.01. The van der Waals surface area contributed by atoms with E-state index in [1.54, 1.807) is 0 Å². The third kappa shape index (κ3) is 5.07. The van der Waals surface area contributed by atoms with Crippen molar-refractivity contribution < 1.29 is 0 Å². The van der Waals surface area contributed by atoms with E-state index in [0.29, 0.717) is 0 Å². The van der Waals surface area contributed by atoms with Gasteiger partial charge in [-0.05, 0) is 39.2 Å². The molecule has 2 heteroatoms. The molecule has 2 atom stereocenters. The van der Waals surface area contributed by atoms with Gasteiger partial charge in [0.2, 0.25) is 0 Å². The molecule has 1 aliphatic rings. The maximum absolute atomic E-state index is 6.15. The van der Waals surface area contributed by atoms with E-state index in [1.165, 1.54) is 70.8 Å². The Morgan fingerprint density at radius 2 is 1.84 bits per heavy atom. The maximum atomic E-state index is 6.15. The Morgan fingerprint density at radius 1 is 1.11 bits per heavy atom. The van der Waals surface area contributed by atoms with E-state index >= 15 is 0 Å². The van der Waals surface area contributed by atoms with Crippen LogP contribution < -0.4 is 5.73 Å². The second-order valence-corrected chi connectivity index (χ2v) is 6.62. The van der Waals surface area contributed by atoms with Gasteiger partial charge < -0.3 is 5.73 Å². The average molecular weight is 268 g/mol. The summed E-state index contributed by atoms with van der Waals surface area (Å²) in [5.74, 6) is 0. The quantitative estimate of drug-likeness (QED) is 0.631. The molecule has 19 heavy (non-hydrogen) atoms. The number of piperidine rings is 1. The molecule has 114 valence electrons. The third-order valence-electron chi connectivity index (χ3n) is 5.05. The van der Waals surface area contributed by atoms with Gasteiger partial charge in [0.15, 0.2) is 0 Å². The highest BCUT2D eigenvalue weighted by Gasteiger charge is 2.35. The largest absolute Gasteiger partial charge is 0.329 e. The molecule has 1 aliphatic heterocycles. The number of rotatable bonds is 9. The van der Waals surface area contributed by atoms with Crippen LogP contribution in [-0.2, 0) is 0 Å². The summed E-state index contributed by atoms with van der Waals surface area (Å²) in [7, 11) is 0. The summed E-state index contributed by atoms with van der Waals surface area (Å²) in [6, 6.07) is 0.776. The van der Waals surface area contributed by atoms with E-state index in [0.717, 1.165) is 12.6 Å². The lowest BCUT2D eigenvalue weighted by atomic mass is 9.86. The first-order valence-electron chi connectivity index (χ1n) is 8.64. The molecule has 0 bridgehead atoms. The van der Waals surface area contributed by atoms with Crippen LogP contribution in [0, 0.1) is 0 Å². The molecule has 0 amide bonds. The summed E-state index contributed by atoms with van der Waals surface area (Å²) in [5, 5.41) is 0. The molecule has 1 fully saturated rings. The Hall–Kier alpha value is -0.0800. The minimum atomic E-state index is 0.243. The van der Waals surface area contributed by atoms with Gasteiger partial charge in [-0.15, -0.1) is 0 Å². The topological polar surface area (TPSA) is 29.3 Å². The molecule has 0 aromatic carbocycles. The average Bonchev–Trinajstić information content (AvgIpc) is 2.46. The predicted molar refractivity (Wildman–Crippen MR) is 85.5 cm³/mol. The summed E-state index contributed by atoms with van der Waals surface area (Å²) in [4.78, 5) is 2.75. The molecule has 0 saturated carbocycles. The van der Waals surface area contributed by atoms with Gasteiger partial charge in [-0.1, -0.05) is 52.4 Å². The number of hydrogen-bond acceptors (Lipinski definition) is 2. The van der Waals surface area contributed by atoms with Gasteiger partial charge in [-0.25, -0.2) is 0 Å². The standard InChI is InChI=1S/C17H36N2/c1-4-6-7-8-10-13-17(3,15-18)19-14-11-9-12-16(19)5-2/h16H,4-15,18H2,1-3H3. The minimum absolute atomic E-state index is 0.243. The highest BCUT2D eigenvalue weighted by molar-refractivity contribution is 4.92. The second-order valence-electron chi connectivity index (χ2n) is 6.62. The molecule has 0 aromatic heterocycles. The zero-order valence-corrected chi connectivity index (χ0v) is 13.6. The predicted octanol–water partition coefficient (Wildman–Crippen LogP) is 4.33. The van der Waals surface area contributed by atoms with Crippen molar-refractivity contribution in [2.45, 2.75) is 96.6 Å². The Labute approximate surface area is 121 Å². The van der Waals surface area contributed by atoms with Crippen molar-refractivity contribution in [1.82, 2.24) is 4.90 Å². The zero-order valence-electron chi connectivity index (χ0n) is 13.6. The molecular formula is C17H36N2. The second kappa shape index (κ2) is 8.97. The summed E-state index contributed by atoms with van der Waals surface area (Å²) in [6.07, 6.45) is 13.6. The molecule has 0 aromatic rings. The van der Waals surface area contributed by atoms with Crippen LogP contribution in [0.25, 0.3) is 0 Å². The Morgan fingerprint density at radius 3 is 2.47 bits per heavy atom. The van der Waals surface area contributed by atoms with Gasteiger partial charge in [0, 0.05) is 18.1 Å². The fourth-order valence-corrected chi connectivity index (χ4v) is 3.61. The normalized spacial score (nSPS) is 24.3.